The monoisotopic (exact) mass is 305 g/mol. The molecule has 1 heterocycles. The summed E-state index contributed by atoms with van der Waals surface area (Å²) in [4.78, 5) is 0. The highest BCUT2D eigenvalue weighted by Crippen LogP contribution is 2.41. The molecule has 2 rings (SSSR count). The molecule has 0 aromatic heterocycles. The third-order valence-corrected chi connectivity index (χ3v) is 2.93. The molecule has 1 aromatic rings. The molecule has 0 aliphatic carbocycles. The van der Waals surface area contributed by atoms with Gasteiger partial charge in [0.25, 0.3) is 0 Å². The number of aliphatic hydroxyl groups excluding tert-OH is 1. The predicted molar refractivity (Wildman–Crippen MR) is 87.1 cm³/mol. The zero-order valence-electron chi connectivity index (χ0n) is 12.9. The summed E-state index contributed by atoms with van der Waals surface area (Å²) in [5.74, 6) is 18.0. The van der Waals surface area contributed by atoms with Gasteiger partial charge in [-0.2, -0.15) is 0 Å². The molecule has 1 aliphatic rings. The summed E-state index contributed by atoms with van der Waals surface area (Å²) in [6, 6.07) is 3.40. The van der Waals surface area contributed by atoms with Gasteiger partial charge in [0, 0.05) is 37.6 Å². The van der Waals surface area contributed by atoms with Gasteiger partial charge in [-0.3, -0.25) is 0 Å². The number of rotatable bonds is 2. The van der Waals surface area contributed by atoms with Crippen molar-refractivity contribution in [3.05, 3.63) is 23.3 Å². The van der Waals surface area contributed by atoms with Gasteiger partial charge in [0.1, 0.15) is 0 Å². The molecular weight excluding hydrogens is 290 g/mol. The lowest BCUT2D eigenvalue weighted by Crippen LogP contribution is -2.29. The number of aliphatic hydroxyl groups is 1. The molecule has 0 saturated heterocycles. The average molecular weight is 305 g/mol. The van der Waals surface area contributed by atoms with Crippen molar-refractivity contribution in [1.29, 1.82) is 0 Å². The first-order chi connectivity index (χ1) is 11.0. The summed E-state index contributed by atoms with van der Waals surface area (Å²) in [7, 11) is 0. The lowest BCUT2D eigenvalue weighted by Gasteiger charge is -2.16. The van der Waals surface area contributed by atoms with E-state index in [-0.39, 0.29) is 6.54 Å². The molecule has 0 amide bonds. The van der Waals surface area contributed by atoms with Crippen molar-refractivity contribution in [3.63, 3.8) is 0 Å². The second-order valence-electron chi connectivity index (χ2n) is 5.14. The van der Waals surface area contributed by atoms with E-state index in [1.54, 1.807) is 26.0 Å². The first-order valence-electron chi connectivity index (χ1n) is 6.87. The van der Waals surface area contributed by atoms with Gasteiger partial charge >= 0.3 is 0 Å². The van der Waals surface area contributed by atoms with Crippen LogP contribution in [0.2, 0.25) is 0 Å². The number of terminal acetylenes is 1. The highest BCUT2D eigenvalue weighted by molar-refractivity contribution is 5.56. The molecule has 4 nitrogen and oxygen atoms in total. The maximum absolute atomic E-state index is 10.1. The Morgan fingerprint density at radius 2 is 1.74 bits per heavy atom. The van der Waals surface area contributed by atoms with E-state index in [4.69, 9.17) is 21.6 Å². The average Bonchev–Trinajstić information content (AvgIpc) is 2.81. The van der Waals surface area contributed by atoms with E-state index in [9.17, 15) is 5.11 Å². The van der Waals surface area contributed by atoms with Crippen molar-refractivity contribution in [3.8, 4) is 59.4 Å². The topological polar surface area (TPSA) is 64.7 Å². The fourth-order valence-electron chi connectivity index (χ4n) is 2.02. The SMILES string of the molecule is C#CC#CC#CC#Cc1cc2c(cc1C(O)CN)OC(C)(C)O2. The van der Waals surface area contributed by atoms with Crippen molar-refractivity contribution < 1.29 is 14.6 Å². The normalized spacial score (nSPS) is 14.0. The molecule has 0 spiro atoms. The second-order valence-corrected chi connectivity index (χ2v) is 5.14. The first kappa shape index (κ1) is 16.4. The summed E-state index contributed by atoms with van der Waals surface area (Å²) in [6.07, 6.45) is 4.13. The fourth-order valence-corrected chi connectivity index (χ4v) is 2.02. The van der Waals surface area contributed by atoms with Crippen molar-refractivity contribution in [2.75, 3.05) is 6.54 Å². The minimum absolute atomic E-state index is 0.0665. The van der Waals surface area contributed by atoms with Crippen LogP contribution >= 0.6 is 0 Å². The van der Waals surface area contributed by atoms with Gasteiger partial charge < -0.3 is 20.3 Å². The summed E-state index contributed by atoms with van der Waals surface area (Å²) in [5, 5.41) is 10.1. The molecule has 0 radical (unpaired) electrons. The van der Waals surface area contributed by atoms with Crippen LogP contribution in [0.25, 0.3) is 0 Å². The van der Waals surface area contributed by atoms with E-state index in [0.717, 1.165) is 0 Å². The number of fused-ring (bicyclic) bond motifs is 1. The molecule has 1 unspecified atom stereocenters. The third kappa shape index (κ3) is 4.00. The van der Waals surface area contributed by atoms with E-state index in [0.29, 0.717) is 22.6 Å². The van der Waals surface area contributed by atoms with Crippen LogP contribution < -0.4 is 15.2 Å². The van der Waals surface area contributed by atoms with Crippen molar-refractivity contribution >= 4 is 0 Å². The lowest BCUT2D eigenvalue weighted by atomic mass is 10.0. The van der Waals surface area contributed by atoms with Crippen LogP contribution in [0.3, 0.4) is 0 Å². The standard InChI is InChI=1S/C19H15NO3/c1-4-5-6-7-8-9-10-14-11-17-18(23-19(2,3)22-17)12-15(14)16(21)13-20/h1,11-12,16,21H,13,20H2,2-3H3. The molecule has 0 fully saturated rings. The van der Waals surface area contributed by atoms with Crippen LogP contribution in [-0.2, 0) is 0 Å². The first-order valence-corrected chi connectivity index (χ1v) is 6.87. The third-order valence-electron chi connectivity index (χ3n) is 2.93. The molecule has 3 N–H and O–H groups in total. The van der Waals surface area contributed by atoms with Crippen LogP contribution in [0, 0.1) is 47.9 Å². The van der Waals surface area contributed by atoms with Crippen LogP contribution in [0.1, 0.15) is 31.1 Å². The molecule has 4 heteroatoms. The van der Waals surface area contributed by atoms with Crippen molar-refractivity contribution in [2.45, 2.75) is 25.7 Å². The van der Waals surface area contributed by atoms with Gasteiger partial charge in [-0.25, -0.2) is 0 Å². The molecule has 1 aromatic carbocycles. The van der Waals surface area contributed by atoms with E-state index in [1.807, 2.05) is 0 Å². The van der Waals surface area contributed by atoms with Crippen molar-refractivity contribution in [1.82, 2.24) is 0 Å². The maximum Gasteiger partial charge on any atom is 0.246 e. The number of hydrogen-bond acceptors (Lipinski definition) is 4. The van der Waals surface area contributed by atoms with Crippen molar-refractivity contribution in [2.24, 2.45) is 5.73 Å². The van der Waals surface area contributed by atoms with Crippen LogP contribution in [0.15, 0.2) is 12.1 Å². The Balaban J connectivity index is 2.40. The predicted octanol–water partition coefficient (Wildman–Crippen LogP) is 1.18. The summed E-state index contributed by atoms with van der Waals surface area (Å²) in [6.45, 7) is 3.66. The van der Waals surface area contributed by atoms with Gasteiger partial charge in [0.2, 0.25) is 5.79 Å². The maximum atomic E-state index is 10.1. The summed E-state index contributed by atoms with van der Waals surface area (Å²) in [5.41, 5.74) is 6.68. The molecule has 114 valence electrons. The lowest BCUT2D eigenvalue weighted by molar-refractivity contribution is -0.0432. The summed E-state index contributed by atoms with van der Waals surface area (Å²) >= 11 is 0. The second kappa shape index (κ2) is 6.83. The van der Waals surface area contributed by atoms with E-state index in [1.165, 1.54) is 0 Å². The smallest absolute Gasteiger partial charge is 0.246 e. The molecular formula is C19H15NO3. The van der Waals surface area contributed by atoms with Crippen LogP contribution in [0.5, 0.6) is 11.5 Å². The van der Waals surface area contributed by atoms with Gasteiger partial charge in [0.05, 0.1) is 6.10 Å². The van der Waals surface area contributed by atoms with Gasteiger partial charge in [-0.15, -0.1) is 6.42 Å². The highest BCUT2D eigenvalue weighted by atomic mass is 16.7. The highest BCUT2D eigenvalue weighted by Gasteiger charge is 2.33. The number of hydrogen-bond donors (Lipinski definition) is 2. The quantitative estimate of drug-likeness (QED) is 0.805. The van der Waals surface area contributed by atoms with Gasteiger partial charge in [-0.1, -0.05) is 5.92 Å². The summed E-state index contributed by atoms with van der Waals surface area (Å²) < 4.78 is 11.3. The minimum atomic E-state index is -0.855. The number of benzene rings is 1. The Morgan fingerprint density at radius 3 is 2.39 bits per heavy atom. The molecule has 1 aliphatic heterocycles. The largest absolute Gasteiger partial charge is 0.449 e. The zero-order valence-corrected chi connectivity index (χ0v) is 12.9. The van der Waals surface area contributed by atoms with E-state index in [2.05, 4.69) is 41.4 Å². The van der Waals surface area contributed by atoms with Gasteiger partial charge in [-0.05, 0) is 41.6 Å². The Bertz CT molecular complexity index is 843. The van der Waals surface area contributed by atoms with Crippen LogP contribution in [-0.4, -0.2) is 17.4 Å². The zero-order chi connectivity index (χ0) is 16.9. The van der Waals surface area contributed by atoms with Gasteiger partial charge in [0.15, 0.2) is 11.5 Å². The Morgan fingerprint density at radius 1 is 1.13 bits per heavy atom. The minimum Gasteiger partial charge on any atom is -0.449 e. The number of nitrogens with two attached hydrogens (primary N) is 1. The Hall–Kier alpha value is -3.02. The van der Waals surface area contributed by atoms with E-state index < -0.39 is 11.9 Å². The fraction of sp³-hybridized carbons (Fsp3) is 0.263. The molecule has 23 heavy (non-hydrogen) atoms. The molecule has 0 bridgehead atoms. The number of ether oxygens (including phenoxy) is 2. The molecule has 0 saturated carbocycles. The molecule has 1 atom stereocenters. The van der Waals surface area contributed by atoms with Crippen LogP contribution in [0.4, 0.5) is 0 Å². The van der Waals surface area contributed by atoms with E-state index >= 15 is 0 Å². The Kier molecular flexibility index (Phi) is 4.85. The Labute approximate surface area is 136 Å².